The maximum Gasteiger partial charge on any atom is 0.315 e. The summed E-state index contributed by atoms with van der Waals surface area (Å²) in [5.41, 5.74) is 0. The van der Waals surface area contributed by atoms with Gasteiger partial charge in [0.15, 0.2) is 0 Å². The molecule has 1 aliphatic carbocycles. The van der Waals surface area contributed by atoms with Crippen molar-refractivity contribution >= 4 is 12.0 Å². The predicted molar refractivity (Wildman–Crippen MR) is 76.6 cm³/mol. The minimum absolute atomic E-state index is 0.178. The molecule has 0 spiro atoms. The second kappa shape index (κ2) is 7.10. The standard InChI is InChI=1S/C14H22N4O3/c1-9(12-15-6-7-16-12)18-14(21)17-8-10-2-4-11(5-3-10)13(19)20/h6-7,9-11H,2-5,8H2,1H3,(H,15,16)(H,19,20)(H2,17,18,21). The molecular weight excluding hydrogens is 272 g/mol. The summed E-state index contributed by atoms with van der Waals surface area (Å²) in [5.74, 6) is 0.165. The first-order valence-electron chi connectivity index (χ1n) is 7.32. The average molecular weight is 294 g/mol. The van der Waals surface area contributed by atoms with Crippen molar-refractivity contribution in [3.8, 4) is 0 Å². The van der Waals surface area contributed by atoms with Crippen LogP contribution in [0.25, 0.3) is 0 Å². The van der Waals surface area contributed by atoms with Crippen LogP contribution >= 0.6 is 0 Å². The second-order valence-corrected chi connectivity index (χ2v) is 5.61. The molecule has 21 heavy (non-hydrogen) atoms. The van der Waals surface area contributed by atoms with E-state index in [0.717, 1.165) is 12.8 Å². The summed E-state index contributed by atoms with van der Waals surface area (Å²) in [6, 6.07) is -0.401. The van der Waals surface area contributed by atoms with Crippen molar-refractivity contribution in [1.82, 2.24) is 20.6 Å². The van der Waals surface area contributed by atoms with Crippen LogP contribution in [0.3, 0.4) is 0 Å². The average Bonchev–Trinajstić information content (AvgIpc) is 3.00. The van der Waals surface area contributed by atoms with Crippen molar-refractivity contribution in [3.05, 3.63) is 18.2 Å². The normalized spacial score (nSPS) is 23.3. The quantitative estimate of drug-likeness (QED) is 0.662. The number of carboxylic acid groups (broad SMARTS) is 1. The number of carbonyl (C=O) groups is 2. The van der Waals surface area contributed by atoms with Crippen LogP contribution in [0.1, 0.15) is 44.5 Å². The van der Waals surface area contributed by atoms with Gasteiger partial charge in [-0.1, -0.05) is 0 Å². The molecule has 1 aromatic heterocycles. The molecule has 7 nitrogen and oxygen atoms in total. The van der Waals surface area contributed by atoms with Gasteiger partial charge in [0.2, 0.25) is 0 Å². The van der Waals surface area contributed by atoms with Crippen molar-refractivity contribution in [2.45, 2.75) is 38.6 Å². The predicted octanol–water partition coefficient (Wildman–Crippen LogP) is 1.66. The lowest BCUT2D eigenvalue weighted by molar-refractivity contribution is -0.143. The molecule has 116 valence electrons. The third kappa shape index (κ3) is 4.47. The smallest absolute Gasteiger partial charge is 0.315 e. The van der Waals surface area contributed by atoms with Gasteiger partial charge in [0, 0.05) is 18.9 Å². The zero-order valence-electron chi connectivity index (χ0n) is 12.1. The summed E-state index contributed by atoms with van der Waals surface area (Å²) in [7, 11) is 0. The van der Waals surface area contributed by atoms with Crippen LogP contribution in [0.4, 0.5) is 4.79 Å². The summed E-state index contributed by atoms with van der Waals surface area (Å²) in [6.07, 6.45) is 6.47. The van der Waals surface area contributed by atoms with E-state index in [0.29, 0.717) is 31.1 Å². The number of urea groups is 1. The molecule has 2 rings (SSSR count). The number of nitrogens with zero attached hydrogens (tertiary/aromatic N) is 1. The van der Waals surface area contributed by atoms with Gasteiger partial charge in [0.1, 0.15) is 5.82 Å². The van der Waals surface area contributed by atoms with E-state index in [-0.39, 0.29) is 18.0 Å². The lowest BCUT2D eigenvalue weighted by atomic mass is 9.82. The van der Waals surface area contributed by atoms with Crippen molar-refractivity contribution in [3.63, 3.8) is 0 Å². The Labute approximate surface area is 123 Å². The molecule has 1 atom stereocenters. The topological polar surface area (TPSA) is 107 Å². The van der Waals surface area contributed by atoms with Gasteiger partial charge in [-0.2, -0.15) is 0 Å². The van der Waals surface area contributed by atoms with Crippen molar-refractivity contribution in [2.75, 3.05) is 6.54 Å². The summed E-state index contributed by atoms with van der Waals surface area (Å²) in [5, 5.41) is 14.6. The summed E-state index contributed by atoms with van der Waals surface area (Å²) in [4.78, 5) is 29.7. The molecule has 2 amide bonds. The number of aromatic amines is 1. The molecule has 0 aliphatic heterocycles. The van der Waals surface area contributed by atoms with Crippen LogP contribution in [0.2, 0.25) is 0 Å². The number of hydrogen-bond acceptors (Lipinski definition) is 3. The number of aromatic nitrogens is 2. The van der Waals surface area contributed by atoms with Gasteiger partial charge in [-0.15, -0.1) is 0 Å². The molecule has 0 radical (unpaired) electrons. The highest BCUT2D eigenvalue weighted by molar-refractivity contribution is 5.74. The SMILES string of the molecule is CC(NC(=O)NCC1CCC(C(=O)O)CC1)c1ncc[nH]1. The number of rotatable bonds is 5. The van der Waals surface area contributed by atoms with Crippen LogP contribution in [0.5, 0.6) is 0 Å². The first-order chi connectivity index (χ1) is 10.1. The van der Waals surface area contributed by atoms with E-state index in [1.54, 1.807) is 12.4 Å². The maximum atomic E-state index is 11.8. The highest BCUT2D eigenvalue weighted by atomic mass is 16.4. The maximum absolute atomic E-state index is 11.8. The van der Waals surface area contributed by atoms with Gasteiger partial charge in [-0.3, -0.25) is 4.79 Å². The van der Waals surface area contributed by atoms with Gasteiger partial charge < -0.3 is 20.7 Å². The first-order valence-corrected chi connectivity index (χ1v) is 7.32. The van der Waals surface area contributed by atoms with Crippen molar-refractivity contribution < 1.29 is 14.7 Å². The second-order valence-electron chi connectivity index (χ2n) is 5.61. The van der Waals surface area contributed by atoms with Crippen molar-refractivity contribution in [1.29, 1.82) is 0 Å². The van der Waals surface area contributed by atoms with Crippen LogP contribution in [0, 0.1) is 11.8 Å². The van der Waals surface area contributed by atoms with Crippen molar-refractivity contribution in [2.24, 2.45) is 11.8 Å². The molecule has 0 aromatic carbocycles. The summed E-state index contributed by atoms with van der Waals surface area (Å²) >= 11 is 0. The molecule has 1 unspecified atom stereocenters. The molecular formula is C14H22N4O3. The molecule has 1 aromatic rings. The molecule has 1 saturated carbocycles. The lowest BCUT2D eigenvalue weighted by Crippen LogP contribution is -2.40. The van der Waals surface area contributed by atoms with Gasteiger partial charge in [0.25, 0.3) is 0 Å². The monoisotopic (exact) mass is 294 g/mol. The van der Waals surface area contributed by atoms with Gasteiger partial charge in [0.05, 0.1) is 12.0 Å². The summed E-state index contributed by atoms with van der Waals surface area (Å²) in [6.45, 7) is 2.44. The Hall–Kier alpha value is -2.05. The van der Waals surface area contributed by atoms with E-state index in [9.17, 15) is 9.59 Å². The fraction of sp³-hybridized carbons (Fsp3) is 0.643. The fourth-order valence-corrected chi connectivity index (χ4v) is 2.68. The number of carboxylic acids is 1. The molecule has 1 fully saturated rings. The largest absolute Gasteiger partial charge is 0.481 e. The Kier molecular flexibility index (Phi) is 5.19. The molecule has 1 heterocycles. The Morgan fingerprint density at radius 1 is 1.43 bits per heavy atom. The van der Waals surface area contributed by atoms with Crippen LogP contribution in [0.15, 0.2) is 12.4 Å². The lowest BCUT2D eigenvalue weighted by Gasteiger charge is -2.26. The number of hydrogen-bond donors (Lipinski definition) is 4. The molecule has 0 saturated heterocycles. The number of nitrogens with one attached hydrogen (secondary N) is 3. The Morgan fingerprint density at radius 3 is 2.71 bits per heavy atom. The van der Waals surface area contributed by atoms with Gasteiger partial charge in [-0.05, 0) is 38.5 Å². The van der Waals surface area contributed by atoms with E-state index in [1.165, 1.54) is 0 Å². The minimum atomic E-state index is -0.702. The third-order valence-electron chi connectivity index (χ3n) is 4.02. The van der Waals surface area contributed by atoms with Gasteiger partial charge >= 0.3 is 12.0 Å². The van der Waals surface area contributed by atoms with Gasteiger partial charge in [-0.25, -0.2) is 9.78 Å². The summed E-state index contributed by atoms with van der Waals surface area (Å²) < 4.78 is 0. The Bertz CT molecular complexity index is 467. The zero-order valence-corrected chi connectivity index (χ0v) is 12.1. The number of imidazole rings is 1. The fourth-order valence-electron chi connectivity index (χ4n) is 2.68. The van der Waals surface area contributed by atoms with E-state index in [4.69, 9.17) is 5.11 Å². The molecule has 0 bridgehead atoms. The van der Waals surface area contributed by atoms with Crippen LogP contribution in [-0.4, -0.2) is 33.6 Å². The van der Waals surface area contributed by atoms with Crippen LogP contribution in [-0.2, 0) is 4.79 Å². The van der Waals surface area contributed by atoms with E-state index >= 15 is 0 Å². The number of carbonyl (C=O) groups excluding carboxylic acids is 1. The third-order valence-corrected chi connectivity index (χ3v) is 4.02. The molecule has 7 heteroatoms. The Balaban J connectivity index is 1.67. The zero-order chi connectivity index (χ0) is 15.2. The van der Waals surface area contributed by atoms with E-state index < -0.39 is 5.97 Å². The molecule has 1 aliphatic rings. The molecule has 4 N–H and O–H groups in total. The Morgan fingerprint density at radius 2 is 2.14 bits per heavy atom. The highest BCUT2D eigenvalue weighted by Crippen LogP contribution is 2.28. The van der Waals surface area contributed by atoms with E-state index in [2.05, 4.69) is 20.6 Å². The van der Waals surface area contributed by atoms with E-state index in [1.807, 2.05) is 6.92 Å². The number of amides is 2. The highest BCUT2D eigenvalue weighted by Gasteiger charge is 2.26. The number of aliphatic carboxylic acids is 1. The number of H-pyrrole nitrogens is 1. The minimum Gasteiger partial charge on any atom is -0.481 e. The first kappa shape index (κ1) is 15.3. The van der Waals surface area contributed by atoms with Crippen LogP contribution < -0.4 is 10.6 Å².